The van der Waals surface area contributed by atoms with Crippen LogP contribution in [0.1, 0.15) is 0 Å². The summed E-state index contributed by atoms with van der Waals surface area (Å²) in [6.07, 6.45) is 2.78. The SMILES string of the molecule is Fc1cc(Br)cc(Oc2cncc(Cl)n2)c1. The molecule has 6 heteroatoms. The van der Waals surface area contributed by atoms with Crippen LogP contribution < -0.4 is 4.74 Å². The summed E-state index contributed by atoms with van der Waals surface area (Å²) in [5.74, 6) is 0.132. The van der Waals surface area contributed by atoms with Crippen LogP contribution in [0.2, 0.25) is 5.15 Å². The first kappa shape index (κ1) is 11.3. The fraction of sp³-hybridized carbons (Fsp3) is 0. The summed E-state index contributed by atoms with van der Waals surface area (Å²) in [4.78, 5) is 7.67. The van der Waals surface area contributed by atoms with Gasteiger partial charge in [0.05, 0.1) is 12.4 Å². The van der Waals surface area contributed by atoms with E-state index in [-0.39, 0.29) is 11.0 Å². The van der Waals surface area contributed by atoms with Gasteiger partial charge >= 0.3 is 0 Å². The van der Waals surface area contributed by atoms with Crippen LogP contribution in [-0.2, 0) is 0 Å². The van der Waals surface area contributed by atoms with E-state index in [0.29, 0.717) is 10.2 Å². The molecule has 0 aliphatic heterocycles. The van der Waals surface area contributed by atoms with E-state index in [0.717, 1.165) is 0 Å². The molecule has 2 aromatic rings. The lowest BCUT2D eigenvalue weighted by molar-refractivity contribution is 0.455. The third-order valence-corrected chi connectivity index (χ3v) is 2.28. The summed E-state index contributed by atoms with van der Waals surface area (Å²) in [5.41, 5.74) is 0. The summed E-state index contributed by atoms with van der Waals surface area (Å²) in [6.45, 7) is 0. The molecule has 0 fully saturated rings. The molecule has 1 aromatic carbocycles. The fourth-order valence-corrected chi connectivity index (χ4v) is 1.67. The quantitative estimate of drug-likeness (QED) is 0.846. The van der Waals surface area contributed by atoms with Gasteiger partial charge in [0.25, 0.3) is 0 Å². The Morgan fingerprint density at radius 2 is 2.06 bits per heavy atom. The van der Waals surface area contributed by atoms with Crippen LogP contribution >= 0.6 is 27.5 Å². The van der Waals surface area contributed by atoms with Crippen molar-refractivity contribution in [3.8, 4) is 11.6 Å². The van der Waals surface area contributed by atoms with Crippen LogP contribution in [0.4, 0.5) is 4.39 Å². The first-order valence-electron chi connectivity index (χ1n) is 4.25. The number of ether oxygens (including phenoxy) is 1. The topological polar surface area (TPSA) is 35.0 Å². The average molecular weight is 304 g/mol. The molecule has 0 saturated heterocycles. The summed E-state index contributed by atoms with van der Waals surface area (Å²) < 4.78 is 18.9. The molecular weight excluding hydrogens is 298 g/mol. The number of aromatic nitrogens is 2. The second kappa shape index (κ2) is 4.76. The maximum Gasteiger partial charge on any atom is 0.239 e. The zero-order chi connectivity index (χ0) is 11.5. The molecular formula is C10H5BrClFN2O. The van der Waals surface area contributed by atoms with Gasteiger partial charge in [0.15, 0.2) is 5.15 Å². The monoisotopic (exact) mass is 302 g/mol. The molecule has 0 atom stereocenters. The number of hydrogen-bond donors (Lipinski definition) is 0. The molecule has 0 unspecified atom stereocenters. The maximum atomic E-state index is 13.0. The molecule has 0 radical (unpaired) electrons. The molecule has 1 aromatic heterocycles. The van der Waals surface area contributed by atoms with Gasteiger partial charge in [0.2, 0.25) is 5.88 Å². The minimum atomic E-state index is -0.403. The van der Waals surface area contributed by atoms with Crippen molar-refractivity contribution in [3.63, 3.8) is 0 Å². The summed E-state index contributed by atoms with van der Waals surface area (Å²) >= 11 is 8.80. The molecule has 0 bridgehead atoms. The number of hydrogen-bond acceptors (Lipinski definition) is 3. The number of rotatable bonds is 2. The predicted molar refractivity (Wildman–Crippen MR) is 61.2 cm³/mol. The second-order valence-electron chi connectivity index (χ2n) is 2.89. The highest BCUT2D eigenvalue weighted by atomic mass is 79.9. The normalized spacial score (nSPS) is 10.2. The maximum absolute atomic E-state index is 13.0. The lowest BCUT2D eigenvalue weighted by atomic mass is 10.3. The van der Waals surface area contributed by atoms with Crippen LogP contribution in [0.25, 0.3) is 0 Å². The highest BCUT2D eigenvalue weighted by Crippen LogP contribution is 2.24. The van der Waals surface area contributed by atoms with Crippen molar-refractivity contribution in [2.24, 2.45) is 0 Å². The molecule has 0 saturated carbocycles. The molecule has 2 rings (SSSR count). The molecule has 82 valence electrons. The van der Waals surface area contributed by atoms with Crippen LogP contribution in [-0.4, -0.2) is 9.97 Å². The summed E-state index contributed by atoms with van der Waals surface area (Å²) in [5, 5.41) is 0.216. The molecule has 0 N–H and O–H groups in total. The minimum absolute atomic E-state index is 0.213. The molecule has 0 spiro atoms. The Balaban J connectivity index is 2.27. The molecule has 0 aliphatic carbocycles. The van der Waals surface area contributed by atoms with Gasteiger partial charge in [-0.3, -0.25) is 4.98 Å². The van der Waals surface area contributed by atoms with Crippen molar-refractivity contribution in [2.75, 3.05) is 0 Å². The van der Waals surface area contributed by atoms with E-state index in [1.54, 1.807) is 6.07 Å². The van der Waals surface area contributed by atoms with E-state index < -0.39 is 5.82 Å². The van der Waals surface area contributed by atoms with E-state index in [9.17, 15) is 4.39 Å². The third-order valence-electron chi connectivity index (χ3n) is 1.64. The van der Waals surface area contributed by atoms with Crippen LogP contribution in [0.5, 0.6) is 11.6 Å². The van der Waals surface area contributed by atoms with E-state index in [4.69, 9.17) is 16.3 Å². The fourth-order valence-electron chi connectivity index (χ4n) is 1.08. The standard InChI is InChI=1S/C10H5BrClFN2O/c11-6-1-7(13)3-8(2-6)16-10-5-14-4-9(12)15-10/h1-5H. The first-order chi connectivity index (χ1) is 7.63. The van der Waals surface area contributed by atoms with E-state index in [1.165, 1.54) is 24.5 Å². The van der Waals surface area contributed by atoms with Gasteiger partial charge < -0.3 is 4.74 Å². The molecule has 3 nitrogen and oxygen atoms in total. The van der Waals surface area contributed by atoms with Gasteiger partial charge in [0.1, 0.15) is 11.6 Å². The molecule has 0 aliphatic rings. The Kier molecular flexibility index (Phi) is 3.36. The Morgan fingerprint density at radius 1 is 1.25 bits per heavy atom. The van der Waals surface area contributed by atoms with Crippen LogP contribution in [0.3, 0.4) is 0 Å². The molecule has 16 heavy (non-hydrogen) atoms. The Morgan fingerprint density at radius 3 is 2.75 bits per heavy atom. The van der Waals surface area contributed by atoms with Gasteiger partial charge in [-0.25, -0.2) is 4.39 Å². The zero-order valence-corrected chi connectivity index (χ0v) is 10.2. The van der Waals surface area contributed by atoms with Gasteiger partial charge in [-0.15, -0.1) is 0 Å². The van der Waals surface area contributed by atoms with Crippen LogP contribution in [0.15, 0.2) is 35.1 Å². The second-order valence-corrected chi connectivity index (χ2v) is 4.19. The lowest BCUT2D eigenvalue weighted by Crippen LogP contribution is -1.90. The number of halogens is 3. The van der Waals surface area contributed by atoms with Crippen molar-refractivity contribution >= 4 is 27.5 Å². The van der Waals surface area contributed by atoms with Crippen molar-refractivity contribution in [1.29, 1.82) is 0 Å². The highest BCUT2D eigenvalue weighted by molar-refractivity contribution is 9.10. The zero-order valence-electron chi connectivity index (χ0n) is 7.82. The Bertz CT molecular complexity index is 504. The van der Waals surface area contributed by atoms with Crippen molar-refractivity contribution in [3.05, 3.63) is 46.0 Å². The molecule has 1 heterocycles. The van der Waals surface area contributed by atoms with E-state index >= 15 is 0 Å². The highest BCUT2D eigenvalue weighted by Gasteiger charge is 2.03. The minimum Gasteiger partial charge on any atom is -0.437 e. The average Bonchev–Trinajstić information content (AvgIpc) is 2.15. The Hall–Kier alpha value is -1.20. The van der Waals surface area contributed by atoms with Gasteiger partial charge in [-0.05, 0) is 12.1 Å². The van der Waals surface area contributed by atoms with Gasteiger partial charge in [-0.1, -0.05) is 27.5 Å². The van der Waals surface area contributed by atoms with Gasteiger partial charge in [-0.2, -0.15) is 4.98 Å². The largest absolute Gasteiger partial charge is 0.437 e. The van der Waals surface area contributed by atoms with Crippen molar-refractivity contribution in [2.45, 2.75) is 0 Å². The summed E-state index contributed by atoms with van der Waals surface area (Å²) in [7, 11) is 0. The van der Waals surface area contributed by atoms with Crippen LogP contribution in [0, 0.1) is 5.82 Å². The summed E-state index contributed by atoms with van der Waals surface area (Å²) in [6, 6.07) is 4.19. The van der Waals surface area contributed by atoms with Crippen molar-refractivity contribution < 1.29 is 9.13 Å². The third kappa shape index (κ3) is 2.90. The molecule has 0 amide bonds. The number of benzene rings is 1. The first-order valence-corrected chi connectivity index (χ1v) is 5.42. The van der Waals surface area contributed by atoms with E-state index in [2.05, 4.69) is 25.9 Å². The van der Waals surface area contributed by atoms with Crippen molar-refractivity contribution in [1.82, 2.24) is 9.97 Å². The van der Waals surface area contributed by atoms with E-state index in [1.807, 2.05) is 0 Å². The lowest BCUT2D eigenvalue weighted by Gasteiger charge is -2.04. The smallest absolute Gasteiger partial charge is 0.239 e. The predicted octanol–water partition coefficient (Wildman–Crippen LogP) is 3.82. The van der Waals surface area contributed by atoms with Gasteiger partial charge in [0, 0.05) is 10.5 Å². The Labute approximate surface area is 104 Å². The number of nitrogens with zero attached hydrogens (tertiary/aromatic N) is 2.